The molecule has 0 aliphatic carbocycles. The van der Waals surface area contributed by atoms with Crippen molar-refractivity contribution in [3.05, 3.63) is 35.4 Å². The van der Waals surface area contributed by atoms with E-state index >= 15 is 0 Å². The number of hydrazine groups is 1. The van der Waals surface area contributed by atoms with E-state index in [1.54, 1.807) is 0 Å². The van der Waals surface area contributed by atoms with Crippen LogP contribution in [0.5, 0.6) is 0 Å². The number of aryl methyl sites for hydroxylation is 1. The maximum absolute atomic E-state index is 5.66. The summed E-state index contributed by atoms with van der Waals surface area (Å²) in [6.45, 7) is 8.92. The first-order valence-corrected chi connectivity index (χ1v) is 6.51. The van der Waals surface area contributed by atoms with E-state index in [4.69, 9.17) is 5.84 Å². The van der Waals surface area contributed by atoms with Crippen LogP contribution in [0, 0.1) is 5.41 Å². The van der Waals surface area contributed by atoms with Gasteiger partial charge in [-0.2, -0.15) is 0 Å². The molecule has 0 bridgehead atoms. The van der Waals surface area contributed by atoms with Crippen LogP contribution >= 0.6 is 0 Å². The zero-order valence-corrected chi connectivity index (χ0v) is 11.6. The maximum atomic E-state index is 5.66. The fourth-order valence-electron chi connectivity index (χ4n) is 2.09. The summed E-state index contributed by atoms with van der Waals surface area (Å²) >= 11 is 0. The Balaban J connectivity index is 2.75. The van der Waals surface area contributed by atoms with Crippen LogP contribution in [0.1, 0.15) is 57.7 Å². The Bertz CT molecular complexity index is 322. The fraction of sp³-hybridized carbons (Fsp3) is 0.600. The summed E-state index contributed by atoms with van der Waals surface area (Å²) in [6.07, 6.45) is 3.39. The molecule has 2 heteroatoms. The minimum absolute atomic E-state index is 0.241. The van der Waals surface area contributed by atoms with Crippen molar-refractivity contribution in [3.8, 4) is 0 Å². The summed E-state index contributed by atoms with van der Waals surface area (Å²) < 4.78 is 0. The van der Waals surface area contributed by atoms with Gasteiger partial charge in [-0.3, -0.25) is 11.3 Å². The number of nitrogens with two attached hydrogens (primary N) is 1. The second kappa shape index (κ2) is 6.18. The van der Waals surface area contributed by atoms with E-state index in [9.17, 15) is 0 Å². The van der Waals surface area contributed by atoms with Crippen LogP contribution in [0.25, 0.3) is 0 Å². The Kier molecular flexibility index (Phi) is 5.16. The van der Waals surface area contributed by atoms with Crippen molar-refractivity contribution >= 4 is 0 Å². The van der Waals surface area contributed by atoms with E-state index in [0.29, 0.717) is 0 Å². The van der Waals surface area contributed by atoms with Gasteiger partial charge in [0.25, 0.3) is 0 Å². The van der Waals surface area contributed by atoms with Crippen LogP contribution in [0.3, 0.4) is 0 Å². The van der Waals surface area contributed by atoms with E-state index in [2.05, 4.69) is 57.4 Å². The molecule has 0 aliphatic rings. The highest BCUT2D eigenvalue weighted by atomic mass is 15.2. The van der Waals surface area contributed by atoms with Crippen molar-refractivity contribution in [2.24, 2.45) is 11.3 Å². The molecule has 2 nitrogen and oxygen atoms in total. The second-order valence-electron chi connectivity index (χ2n) is 5.98. The Morgan fingerprint density at radius 3 is 2.18 bits per heavy atom. The van der Waals surface area contributed by atoms with Gasteiger partial charge in [-0.05, 0) is 29.4 Å². The maximum Gasteiger partial charge on any atom is 0.0464 e. The monoisotopic (exact) mass is 234 g/mol. The van der Waals surface area contributed by atoms with Gasteiger partial charge in [0.05, 0.1) is 0 Å². The standard InChI is InChI=1S/C15H26N2/c1-5-6-12-7-9-13(10-8-12)14(17-16)11-15(2,3)4/h7-10,14,17H,5-6,11,16H2,1-4H3. The molecule has 0 saturated carbocycles. The zero-order chi connectivity index (χ0) is 12.9. The van der Waals surface area contributed by atoms with Crippen molar-refractivity contribution in [1.29, 1.82) is 0 Å². The van der Waals surface area contributed by atoms with E-state index in [1.165, 1.54) is 17.5 Å². The predicted molar refractivity (Wildman–Crippen MR) is 74.6 cm³/mol. The summed E-state index contributed by atoms with van der Waals surface area (Å²) in [5.74, 6) is 5.66. The molecule has 0 amide bonds. The molecule has 1 unspecified atom stereocenters. The molecule has 3 N–H and O–H groups in total. The average molecular weight is 234 g/mol. The third-order valence-electron chi connectivity index (χ3n) is 2.94. The van der Waals surface area contributed by atoms with Gasteiger partial charge in [0, 0.05) is 6.04 Å². The number of hydrogen-bond acceptors (Lipinski definition) is 2. The van der Waals surface area contributed by atoms with Crippen molar-refractivity contribution in [2.75, 3.05) is 0 Å². The van der Waals surface area contributed by atoms with Crippen LogP contribution < -0.4 is 11.3 Å². The molecule has 1 aromatic rings. The predicted octanol–water partition coefficient (Wildman–Crippen LogP) is 3.58. The third kappa shape index (κ3) is 4.88. The smallest absolute Gasteiger partial charge is 0.0464 e. The largest absolute Gasteiger partial charge is 0.271 e. The molecule has 0 radical (unpaired) electrons. The zero-order valence-electron chi connectivity index (χ0n) is 11.6. The lowest BCUT2D eigenvalue weighted by Crippen LogP contribution is -2.31. The molecule has 1 rings (SSSR count). The summed E-state index contributed by atoms with van der Waals surface area (Å²) in [7, 11) is 0. The molecule has 0 aromatic heterocycles. The van der Waals surface area contributed by atoms with Crippen LogP contribution in [0.15, 0.2) is 24.3 Å². The minimum Gasteiger partial charge on any atom is -0.271 e. The molecular weight excluding hydrogens is 208 g/mol. The Morgan fingerprint density at radius 2 is 1.76 bits per heavy atom. The molecule has 0 fully saturated rings. The van der Waals surface area contributed by atoms with E-state index in [1.807, 2.05) is 0 Å². The van der Waals surface area contributed by atoms with E-state index < -0.39 is 0 Å². The van der Waals surface area contributed by atoms with Crippen molar-refractivity contribution in [1.82, 2.24) is 5.43 Å². The minimum atomic E-state index is 0.241. The van der Waals surface area contributed by atoms with Crippen LogP contribution in [-0.2, 0) is 6.42 Å². The van der Waals surface area contributed by atoms with Gasteiger partial charge in [0.2, 0.25) is 0 Å². The normalized spacial score (nSPS) is 13.7. The summed E-state index contributed by atoms with van der Waals surface area (Å²) in [6, 6.07) is 9.06. The topological polar surface area (TPSA) is 38.0 Å². The average Bonchev–Trinajstić information content (AvgIpc) is 2.26. The first-order valence-electron chi connectivity index (χ1n) is 6.51. The number of nitrogens with one attached hydrogen (secondary N) is 1. The molecule has 96 valence electrons. The number of benzene rings is 1. The summed E-state index contributed by atoms with van der Waals surface area (Å²) in [5, 5.41) is 0. The van der Waals surface area contributed by atoms with Crippen LogP contribution in [-0.4, -0.2) is 0 Å². The van der Waals surface area contributed by atoms with Gasteiger partial charge in [-0.1, -0.05) is 58.4 Å². The summed E-state index contributed by atoms with van der Waals surface area (Å²) in [4.78, 5) is 0. The Labute approximate surface area is 106 Å². The van der Waals surface area contributed by atoms with Crippen molar-refractivity contribution in [3.63, 3.8) is 0 Å². The fourth-order valence-corrected chi connectivity index (χ4v) is 2.09. The third-order valence-corrected chi connectivity index (χ3v) is 2.94. The molecule has 0 spiro atoms. The number of hydrogen-bond donors (Lipinski definition) is 2. The van der Waals surface area contributed by atoms with Gasteiger partial charge in [-0.25, -0.2) is 0 Å². The molecule has 0 aliphatic heterocycles. The lowest BCUT2D eigenvalue weighted by atomic mass is 9.85. The summed E-state index contributed by atoms with van der Waals surface area (Å²) in [5.41, 5.74) is 5.89. The molecule has 1 aromatic carbocycles. The van der Waals surface area contributed by atoms with Gasteiger partial charge in [-0.15, -0.1) is 0 Å². The molecule has 17 heavy (non-hydrogen) atoms. The van der Waals surface area contributed by atoms with Crippen LogP contribution in [0.2, 0.25) is 0 Å². The molecular formula is C15H26N2. The van der Waals surface area contributed by atoms with Gasteiger partial charge in [0.15, 0.2) is 0 Å². The van der Waals surface area contributed by atoms with Crippen molar-refractivity contribution in [2.45, 2.75) is 53.0 Å². The molecule has 0 heterocycles. The van der Waals surface area contributed by atoms with Gasteiger partial charge in [0.1, 0.15) is 0 Å². The second-order valence-corrected chi connectivity index (χ2v) is 5.98. The first kappa shape index (κ1) is 14.2. The highest BCUT2D eigenvalue weighted by molar-refractivity contribution is 5.25. The lowest BCUT2D eigenvalue weighted by Gasteiger charge is -2.25. The lowest BCUT2D eigenvalue weighted by molar-refractivity contribution is 0.313. The van der Waals surface area contributed by atoms with Crippen LogP contribution in [0.4, 0.5) is 0 Å². The SMILES string of the molecule is CCCc1ccc(C(CC(C)(C)C)NN)cc1. The van der Waals surface area contributed by atoms with E-state index in [0.717, 1.165) is 12.8 Å². The quantitative estimate of drug-likeness (QED) is 0.603. The Morgan fingerprint density at radius 1 is 1.18 bits per heavy atom. The Hall–Kier alpha value is -0.860. The van der Waals surface area contributed by atoms with Gasteiger partial charge >= 0.3 is 0 Å². The number of rotatable bonds is 5. The first-order chi connectivity index (χ1) is 7.96. The highest BCUT2D eigenvalue weighted by Crippen LogP contribution is 2.28. The highest BCUT2D eigenvalue weighted by Gasteiger charge is 2.18. The van der Waals surface area contributed by atoms with Crippen molar-refractivity contribution < 1.29 is 0 Å². The molecule has 1 atom stereocenters. The van der Waals surface area contributed by atoms with E-state index in [-0.39, 0.29) is 11.5 Å². The molecule has 0 saturated heterocycles. The van der Waals surface area contributed by atoms with Gasteiger partial charge < -0.3 is 0 Å².